The number of anilines is 1. The number of ether oxygens (including phenoxy) is 2. The maximum absolute atomic E-state index is 12.8. The lowest BCUT2D eigenvalue weighted by Crippen LogP contribution is -2.55. The van der Waals surface area contributed by atoms with E-state index in [0.29, 0.717) is 17.9 Å². The summed E-state index contributed by atoms with van der Waals surface area (Å²) in [6, 6.07) is 9.56. The highest BCUT2D eigenvalue weighted by atomic mass is 16.6. The zero-order valence-corrected chi connectivity index (χ0v) is 26.9. The molecule has 5 atom stereocenters. The van der Waals surface area contributed by atoms with Gasteiger partial charge in [0.1, 0.15) is 6.10 Å². The van der Waals surface area contributed by atoms with Gasteiger partial charge in [0, 0.05) is 11.1 Å². The van der Waals surface area contributed by atoms with E-state index in [1.54, 1.807) is 0 Å². The number of para-hydroxylation sites is 1. The highest BCUT2D eigenvalue weighted by molar-refractivity contribution is 5.84. The molecule has 2 aliphatic carbocycles. The van der Waals surface area contributed by atoms with Crippen molar-refractivity contribution in [2.45, 2.75) is 130 Å². The topological polar surface area (TPSA) is 50.9 Å². The number of allylic oxidation sites excluding steroid dienone is 5. The number of nitrogens with one attached hydrogen (secondary N) is 1. The number of rotatable bonds is 11. The summed E-state index contributed by atoms with van der Waals surface area (Å²) in [4.78, 5) is 12.8. The van der Waals surface area contributed by atoms with Crippen LogP contribution in [0.4, 0.5) is 10.5 Å². The molecule has 1 heterocycles. The molecule has 4 nitrogen and oxygen atoms in total. The van der Waals surface area contributed by atoms with Crippen LogP contribution in [-0.2, 0) is 9.47 Å². The van der Waals surface area contributed by atoms with Gasteiger partial charge in [-0.1, -0.05) is 74.4 Å². The van der Waals surface area contributed by atoms with Crippen LogP contribution in [0, 0.1) is 22.7 Å². The quantitative estimate of drug-likeness (QED) is 0.216. The van der Waals surface area contributed by atoms with Crippen molar-refractivity contribution >= 4 is 11.8 Å². The Morgan fingerprint density at radius 2 is 1.66 bits per heavy atom. The Hall–Kier alpha value is -2.33. The van der Waals surface area contributed by atoms with Crippen LogP contribution in [0.3, 0.4) is 0 Å². The van der Waals surface area contributed by atoms with E-state index >= 15 is 0 Å². The number of hydrogen-bond acceptors (Lipinski definition) is 3. The number of carbonyl (C=O) groups is 1. The molecule has 1 aromatic rings. The lowest BCUT2D eigenvalue weighted by molar-refractivity contribution is -0.125. The Bertz CT molecular complexity index is 1130. The van der Waals surface area contributed by atoms with Gasteiger partial charge in [-0.3, -0.25) is 5.32 Å². The van der Waals surface area contributed by atoms with Gasteiger partial charge < -0.3 is 9.47 Å². The van der Waals surface area contributed by atoms with E-state index in [1.807, 2.05) is 30.3 Å². The lowest BCUT2D eigenvalue weighted by atomic mass is 9.46. The van der Waals surface area contributed by atoms with Crippen LogP contribution < -0.4 is 5.32 Å². The van der Waals surface area contributed by atoms with Crippen molar-refractivity contribution in [1.82, 2.24) is 0 Å². The van der Waals surface area contributed by atoms with Crippen LogP contribution in [0.2, 0.25) is 0 Å². The Morgan fingerprint density at radius 1 is 1.00 bits per heavy atom. The molecular weight excluding hydrogens is 506 g/mol. The zero-order chi connectivity index (χ0) is 29.8. The van der Waals surface area contributed by atoms with Crippen molar-refractivity contribution in [3.8, 4) is 0 Å². The Balaban J connectivity index is 1.28. The normalized spacial score (nSPS) is 30.9. The van der Waals surface area contributed by atoms with Gasteiger partial charge >= 0.3 is 6.09 Å². The fraction of sp³-hybridized carbons (Fsp3) is 0.649. The van der Waals surface area contributed by atoms with Crippen molar-refractivity contribution in [3.63, 3.8) is 0 Å². The van der Waals surface area contributed by atoms with Crippen LogP contribution in [0.5, 0.6) is 0 Å². The Kier molecular flexibility index (Phi) is 9.94. The van der Waals surface area contributed by atoms with E-state index < -0.39 is 0 Å². The second kappa shape index (κ2) is 12.9. The molecule has 1 aliphatic heterocycles. The van der Waals surface area contributed by atoms with Gasteiger partial charge in [-0.05, 0) is 121 Å². The average molecular weight is 562 g/mol. The Labute approximate surface area is 250 Å². The first kappa shape index (κ1) is 31.6. The van der Waals surface area contributed by atoms with Crippen LogP contribution in [0.25, 0.3) is 0 Å². The minimum absolute atomic E-state index is 0.0850. The molecule has 2 saturated carbocycles. The molecule has 1 N–H and O–H groups in total. The van der Waals surface area contributed by atoms with Crippen molar-refractivity contribution in [1.29, 1.82) is 0 Å². The summed E-state index contributed by atoms with van der Waals surface area (Å²) in [5.41, 5.74) is 5.38. The molecule has 3 aliphatic rings. The molecule has 1 aromatic carbocycles. The molecule has 4 rings (SSSR count). The third-order valence-electron chi connectivity index (χ3n) is 10.7. The monoisotopic (exact) mass is 561 g/mol. The van der Waals surface area contributed by atoms with Crippen molar-refractivity contribution in [2.75, 3.05) is 5.32 Å². The van der Waals surface area contributed by atoms with Crippen LogP contribution in [0.15, 0.2) is 65.8 Å². The molecule has 1 amide bonds. The fourth-order valence-electron chi connectivity index (χ4n) is 8.04. The lowest BCUT2D eigenvalue weighted by Gasteiger charge is -2.60. The molecule has 226 valence electrons. The smallest absolute Gasteiger partial charge is 0.411 e. The number of benzene rings is 1. The molecule has 3 fully saturated rings. The third-order valence-corrected chi connectivity index (χ3v) is 10.7. The molecule has 0 radical (unpaired) electrons. The van der Waals surface area contributed by atoms with Gasteiger partial charge in [0.25, 0.3) is 0 Å². The van der Waals surface area contributed by atoms with Crippen molar-refractivity contribution in [3.05, 3.63) is 65.8 Å². The molecule has 0 unspecified atom stereocenters. The number of fused-ring (bicyclic) bond motifs is 1. The SMILES string of the molecule is C=C1CC[C@H]2C(C)(C)[C@@H](OC(=O)Nc3ccccc3)CC[C@]2(C)[C@H]1CC/C=C(\C)CC/C=C(\C)CC[C@@H]1OC1(C)C. The van der Waals surface area contributed by atoms with E-state index in [0.717, 1.165) is 69.9 Å². The van der Waals surface area contributed by atoms with Crippen LogP contribution in [-0.4, -0.2) is 23.9 Å². The predicted octanol–water partition coefficient (Wildman–Crippen LogP) is 10.4. The van der Waals surface area contributed by atoms with Crippen molar-refractivity contribution in [2.24, 2.45) is 22.7 Å². The summed E-state index contributed by atoms with van der Waals surface area (Å²) in [7, 11) is 0. The molecular formula is C37H55NO3. The second-order valence-corrected chi connectivity index (χ2v) is 14.5. The predicted molar refractivity (Wildman–Crippen MR) is 171 cm³/mol. The first-order valence-corrected chi connectivity index (χ1v) is 16.0. The molecule has 4 heteroatoms. The van der Waals surface area contributed by atoms with Crippen molar-refractivity contribution < 1.29 is 14.3 Å². The minimum atomic E-state index is -0.346. The minimum Gasteiger partial charge on any atom is -0.445 e. The van der Waals surface area contributed by atoms with Gasteiger partial charge in [0.2, 0.25) is 0 Å². The molecule has 0 spiro atoms. The van der Waals surface area contributed by atoms with Gasteiger partial charge in [0.15, 0.2) is 0 Å². The van der Waals surface area contributed by atoms with E-state index in [4.69, 9.17) is 9.47 Å². The van der Waals surface area contributed by atoms with Gasteiger partial charge in [-0.25, -0.2) is 4.79 Å². The maximum atomic E-state index is 12.8. The van der Waals surface area contributed by atoms with E-state index in [-0.39, 0.29) is 28.6 Å². The number of carbonyl (C=O) groups excluding carboxylic acids is 1. The first-order chi connectivity index (χ1) is 19.3. The number of epoxide rings is 1. The first-order valence-electron chi connectivity index (χ1n) is 16.0. The number of hydrogen-bond donors (Lipinski definition) is 1. The second-order valence-electron chi connectivity index (χ2n) is 14.5. The summed E-state index contributed by atoms with van der Waals surface area (Å²) < 4.78 is 11.8. The third kappa shape index (κ3) is 7.74. The van der Waals surface area contributed by atoms with Crippen LogP contribution in [0.1, 0.15) is 113 Å². The van der Waals surface area contributed by atoms with E-state index in [2.05, 4.69) is 72.5 Å². The molecule has 1 saturated heterocycles. The highest BCUT2D eigenvalue weighted by Crippen LogP contribution is 2.62. The van der Waals surface area contributed by atoms with Gasteiger partial charge in [-0.2, -0.15) is 0 Å². The zero-order valence-electron chi connectivity index (χ0n) is 26.9. The fourth-order valence-corrected chi connectivity index (χ4v) is 8.04. The summed E-state index contributed by atoms with van der Waals surface area (Å²) in [6.45, 7) is 20.6. The van der Waals surface area contributed by atoms with Crippen LogP contribution >= 0.6 is 0 Å². The highest BCUT2D eigenvalue weighted by Gasteiger charge is 2.57. The largest absolute Gasteiger partial charge is 0.445 e. The summed E-state index contributed by atoms with van der Waals surface area (Å²) in [5.74, 6) is 1.01. The summed E-state index contributed by atoms with van der Waals surface area (Å²) >= 11 is 0. The van der Waals surface area contributed by atoms with Gasteiger partial charge in [0.05, 0.1) is 11.7 Å². The summed E-state index contributed by atoms with van der Waals surface area (Å²) in [6.07, 6.45) is 15.9. The average Bonchev–Trinajstić information content (AvgIpc) is 3.53. The maximum Gasteiger partial charge on any atom is 0.411 e. The summed E-state index contributed by atoms with van der Waals surface area (Å²) in [5, 5.41) is 2.91. The molecule has 41 heavy (non-hydrogen) atoms. The standard InChI is InChI=1S/C37H55NO3/c1-26(14-12-15-27(2)20-23-33-36(6,7)41-33)16-13-19-30-28(3)21-22-31-35(4,5)32(24-25-37(30,31)8)40-34(39)38-29-17-10-9-11-18-29/h9-11,15-18,30-33H,3,12-14,19-25H2,1-2,4-8H3,(H,38,39)/b26-16+,27-15+/t30-,31-,32-,33-,37+/m0/s1. The van der Waals surface area contributed by atoms with E-state index in [1.165, 1.54) is 16.7 Å². The van der Waals surface area contributed by atoms with E-state index in [9.17, 15) is 4.79 Å². The Morgan fingerprint density at radius 3 is 2.34 bits per heavy atom. The molecule has 0 bridgehead atoms. The number of amides is 1. The molecule has 0 aromatic heterocycles. The van der Waals surface area contributed by atoms with Gasteiger partial charge in [-0.15, -0.1) is 0 Å².